The number of aryl methyl sites for hydroxylation is 1. The van der Waals surface area contributed by atoms with E-state index >= 15 is 0 Å². The van der Waals surface area contributed by atoms with Crippen LogP contribution in [-0.2, 0) is 10.0 Å². The molecule has 0 saturated carbocycles. The summed E-state index contributed by atoms with van der Waals surface area (Å²) < 4.78 is 25.8. The first-order valence-corrected chi connectivity index (χ1v) is 9.66. The molecule has 0 spiro atoms. The van der Waals surface area contributed by atoms with E-state index < -0.39 is 10.0 Å². The minimum absolute atomic E-state index is 0.125. The topological polar surface area (TPSA) is 167 Å². The van der Waals surface area contributed by atoms with Gasteiger partial charge in [0.15, 0.2) is 11.0 Å². The van der Waals surface area contributed by atoms with Crippen LogP contribution in [0.4, 0.5) is 0 Å². The van der Waals surface area contributed by atoms with Crippen molar-refractivity contribution in [2.75, 3.05) is 0 Å². The van der Waals surface area contributed by atoms with E-state index in [1.165, 1.54) is 17.4 Å². The van der Waals surface area contributed by atoms with Gasteiger partial charge in [-0.05, 0) is 13.0 Å². The fourth-order valence-corrected chi connectivity index (χ4v) is 4.07. The second-order valence-corrected chi connectivity index (χ2v) is 7.58. The zero-order valence-electron chi connectivity index (χ0n) is 13.6. The van der Waals surface area contributed by atoms with E-state index in [9.17, 15) is 8.42 Å². The average Bonchev–Trinajstić information content (AvgIpc) is 3.22. The highest BCUT2D eigenvalue weighted by Crippen LogP contribution is 2.30. The Morgan fingerprint density at radius 2 is 2.15 bits per heavy atom. The van der Waals surface area contributed by atoms with Gasteiger partial charge in [0.25, 0.3) is 0 Å². The Kier molecular flexibility index (Phi) is 4.73. The van der Waals surface area contributed by atoms with Crippen LogP contribution in [-0.4, -0.2) is 28.8 Å². The predicted octanol–water partition coefficient (Wildman–Crippen LogP) is 0.0352. The lowest BCUT2D eigenvalue weighted by Gasteiger charge is -2.11. The van der Waals surface area contributed by atoms with Gasteiger partial charge < -0.3 is 5.73 Å². The standard InChI is InChI=1S/C14H16N8O2S2/c1-8-18-5-6-22(8)14-19-10(7-25-14)9-3-2-4-11(26(17,23)24)12(9)13(15)20-21-16/h2-7,21H,16H2,1H3,(H2,15,20)(H2,17,23,24). The first-order chi connectivity index (χ1) is 12.3. The number of thiazole rings is 1. The smallest absolute Gasteiger partial charge is 0.238 e. The molecule has 0 aliphatic rings. The highest BCUT2D eigenvalue weighted by Gasteiger charge is 2.22. The van der Waals surface area contributed by atoms with Gasteiger partial charge in [-0.3, -0.25) is 4.57 Å². The molecule has 3 aromatic rings. The van der Waals surface area contributed by atoms with Gasteiger partial charge in [0, 0.05) is 28.9 Å². The van der Waals surface area contributed by atoms with Crippen molar-refractivity contribution in [2.24, 2.45) is 21.8 Å². The van der Waals surface area contributed by atoms with Gasteiger partial charge >= 0.3 is 0 Å². The molecule has 0 radical (unpaired) electrons. The molecule has 1 aromatic carbocycles. The van der Waals surface area contributed by atoms with Crippen molar-refractivity contribution in [1.82, 2.24) is 20.1 Å². The minimum atomic E-state index is -4.04. The first-order valence-electron chi connectivity index (χ1n) is 7.24. The number of rotatable bonds is 5. The summed E-state index contributed by atoms with van der Waals surface area (Å²) in [4.78, 5) is 8.55. The van der Waals surface area contributed by atoms with Crippen molar-refractivity contribution in [3.8, 4) is 16.4 Å². The molecule has 12 heteroatoms. The maximum Gasteiger partial charge on any atom is 0.238 e. The Bertz CT molecular complexity index is 1080. The fraction of sp³-hybridized carbons (Fsp3) is 0.0714. The molecule has 3 rings (SSSR count). The van der Waals surface area contributed by atoms with Gasteiger partial charge in [-0.2, -0.15) is 0 Å². The Labute approximate surface area is 153 Å². The summed E-state index contributed by atoms with van der Waals surface area (Å²) in [5.74, 6) is 5.83. The molecule has 10 nitrogen and oxygen atoms in total. The third kappa shape index (κ3) is 3.30. The highest BCUT2D eigenvalue weighted by atomic mass is 32.2. The highest BCUT2D eigenvalue weighted by molar-refractivity contribution is 7.89. The van der Waals surface area contributed by atoms with Crippen LogP contribution in [0.2, 0.25) is 0 Å². The van der Waals surface area contributed by atoms with E-state index in [2.05, 4.69) is 20.6 Å². The SMILES string of the molecule is Cc1nccn1-c1nc(-c2cccc(S(N)(=O)=O)c2/C(N)=N/NN)cs1. The number of amidine groups is 1. The van der Waals surface area contributed by atoms with E-state index in [0.717, 1.165) is 5.82 Å². The first kappa shape index (κ1) is 18.0. The summed E-state index contributed by atoms with van der Waals surface area (Å²) in [6.45, 7) is 1.85. The van der Waals surface area contributed by atoms with Gasteiger partial charge in [0.05, 0.1) is 10.6 Å². The molecule has 26 heavy (non-hydrogen) atoms. The van der Waals surface area contributed by atoms with E-state index in [1.54, 1.807) is 29.9 Å². The van der Waals surface area contributed by atoms with Crippen LogP contribution in [0.3, 0.4) is 0 Å². The van der Waals surface area contributed by atoms with Crippen molar-refractivity contribution in [2.45, 2.75) is 11.8 Å². The lowest BCUT2D eigenvalue weighted by atomic mass is 10.0. The lowest BCUT2D eigenvalue weighted by molar-refractivity contribution is 0.597. The maximum absolute atomic E-state index is 12.0. The van der Waals surface area contributed by atoms with Gasteiger partial charge in [-0.1, -0.05) is 12.1 Å². The number of benzene rings is 1. The summed E-state index contributed by atoms with van der Waals surface area (Å²) in [5, 5.41) is 11.5. The molecule has 7 N–H and O–H groups in total. The quantitative estimate of drug-likeness (QED) is 0.206. The fourth-order valence-electron chi connectivity index (χ4n) is 2.45. The molecule has 136 valence electrons. The van der Waals surface area contributed by atoms with Crippen LogP contribution in [0, 0.1) is 6.92 Å². The molecule has 0 aliphatic carbocycles. The summed E-state index contributed by atoms with van der Waals surface area (Å²) in [5.41, 5.74) is 9.09. The van der Waals surface area contributed by atoms with E-state index in [-0.39, 0.29) is 16.3 Å². The van der Waals surface area contributed by atoms with E-state index in [4.69, 9.17) is 16.7 Å². The molecular weight excluding hydrogens is 376 g/mol. The zero-order valence-corrected chi connectivity index (χ0v) is 15.3. The van der Waals surface area contributed by atoms with Crippen molar-refractivity contribution in [3.05, 3.63) is 47.4 Å². The normalized spacial score (nSPS) is 12.3. The van der Waals surface area contributed by atoms with Crippen LogP contribution in [0.25, 0.3) is 16.4 Å². The Morgan fingerprint density at radius 3 is 2.77 bits per heavy atom. The van der Waals surface area contributed by atoms with Crippen LogP contribution in [0.15, 0.2) is 46.0 Å². The van der Waals surface area contributed by atoms with Crippen molar-refractivity contribution in [1.29, 1.82) is 0 Å². The van der Waals surface area contributed by atoms with Gasteiger partial charge in [-0.25, -0.2) is 34.9 Å². The molecule has 0 amide bonds. The summed E-state index contributed by atoms with van der Waals surface area (Å²) in [7, 11) is -4.04. The number of aromatic nitrogens is 3. The third-order valence-corrected chi connectivity index (χ3v) is 5.37. The molecule has 0 fully saturated rings. The number of hydrazine groups is 1. The molecule has 2 aromatic heterocycles. The van der Waals surface area contributed by atoms with Crippen LogP contribution in [0.5, 0.6) is 0 Å². The van der Waals surface area contributed by atoms with E-state index in [1.807, 2.05) is 11.5 Å². The number of hydrogen-bond acceptors (Lipinski definition) is 8. The molecule has 2 heterocycles. The maximum atomic E-state index is 12.0. The van der Waals surface area contributed by atoms with Gasteiger partial charge in [-0.15, -0.1) is 16.4 Å². The minimum Gasteiger partial charge on any atom is -0.382 e. The van der Waals surface area contributed by atoms with Crippen LogP contribution < -0.4 is 22.3 Å². The monoisotopic (exact) mass is 392 g/mol. The Hall–Kier alpha value is -2.80. The zero-order chi connectivity index (χ0) is 18.9. The molecule has 0 unspecified atom stereocenters. The van der Waals surface area contributed by atoms with Gasteiger partial charge in [0.2, 0.25) is 10.0 Å². The van der Waals surface area contributed by atoms with Crippen molar-refractivity contribution >= 4 is 27.2 Å². The second kappa shape index (κ2) is 6.84. The number of nitrogens with one attached hydrogen (secondary N) is 1. The number of imidazole rings is 1. The number of hydrazone groups is 1. The molecule has 0 saturated heterocycles. The van der Waals surface area contributed by atoms with Crippen molar-refractivity contribution in [3.63, 3.8) is 0 Å². The number of nitrogens with two attached hydrogens (primary N) is 3. The summed E-state index contributed by atoms with van der Waals surface area (Å²) in [6.07, 6.45) is 3.45. The second-order valence-electron chi connectivity index (χ2n) is 5.21. The Balaban J connectivity index is 2.22. The Morgan fingerprint density at radius 1 is 1.38 bits per heavy atom. The molecular formula is C14H16N8O2S2. The van der Waals surface area contributed by atoms with Crippen LogP contribution >= 0.6 is 11.3 Å². The molecule has 0 aliphatic heterocycles. The van der Waals surface area contributed by atoms with Crippen LogP contribution in [0.1, 0.15) is 11.4 Å². The number of hydrogen-bond donors (Lipinski definition) is 4. The number of sulfonamides is 1. The summed E-state index contributed by atoms with van der Waals surface area (Å²) >= 11 is 1.37. The molecule has 0 bridgehead atoms. The lowest BCUT2D eigenvalue weighted by Crippen LogP contribution is -2.26. The van der Waals surface area contributed by atoms with Gasteiger partial charge in [0.1, 0.15) is 5.82 Å². The predicted molar refractivity (Wildman–Crippen MR) is 98.8 cm³/mol. The van der Waals surface area contributed by atoms with E-state index in [0.29, 0.717) is 16.4 Å². The third-order valence-electron chi connectivity index (χ3n) is 3.57. The number of nitrogens with zero attached hydrogens (tertiary/aromatic N) is 4. The largest absolute Gasteiger partial charge is 0.382 e. The average molecular weight is 392 g/mol. The summed E-state index contributed by atoms with van der Waals surface area (Å²) in [6, 6.07) is 4.59. The molecule has 0 atom stereocenters. The van der Waals surface area contributed by atoms with Crippen molar-refractivity contribution < 1.29 is 8.42 Å². The number of primary sulfonamides is 1.